The summed E-state index contributed by atoms with van der Waals surface area (Å²) in [5, 5.41) is 19.8. The molecular formula is C19H22BrN3O5. The Bertz CT molecular complexity index is 918. The minimum absolute atomic E-state index is 0.0124. The van der Waals surface area contributed by atoms with Gasteiger partial charge in [-0.05, 0) is 12.1 Å². The lowest BCUT2D eigenvalue weighted by Crippen LogP contribution is -2.50. The lowest BCUT2D eigenvalue weighted by molar-refractivity contribution is -0.145. The molecule has 1 aliphatic heterocycles. The van der Waals surface area contributed by atoms with Crippen molar-refractivity contribution >= 4 is 44.7 Å². The molecule has 1 aromatic heterocycles. The molecule has 1 fully saturated rings. The first-order valence-corrected chi connectivity index (χ1v) is 9.79. The Balaban J connectivity index is 1.98. The van der Waals surface area contributed by atoms with Gasteiger partial charge in [-0.15, -0.1) is 0 Å². The maximum absolute atomic E-state index is 12.2. The van der Waals surface area contributed by atoms with Gasteiger partial charge in [0.25, 0.3) is 0 Å². The smallest absolute Gasteiger partial charge is 0.325 e. The average molecular weight is 452 g/mol. The van der Waals surface area contributed by atoms with Gasteiger partial charge in [-0.1, -0.05) is 22.0 Å². The zero-order valence-electron chi connectivity index (χ0n) is 15.5. The van der Waals surface area contributed by atoms with Crippen molar-refractivity contribution in [2.24, 2.45) is 0 Å². The Morgan fingerprint density at radius 2 is 1.82 bits per heavy atom. The van der Waals surface area contributed by atoms with E-state index in [-0.39, 0.29) is 18.9 Å². The molecular weight excluding hydrogens is 430 g/mol. The summed E-state index contributed by atoms with van der Waals surface area (Å²) in [6.45, 7) is 3.68. The molecule has 0 radical (unpaired) electrons. The Morgan fingerprint density at radius 1 is 1.14 bits per heavy atom. The van der Waals surface area contributed by atoms with Crippen molar-refractivity contribution in [2.75, 3.05) is 26.2 Å². The third-order valence-electron chi connectivity index (χ3n) is 5.09. The van der Waals surface area contributed by atoms with Gasteiger partial charge >= 0.3 is 11.9 Å². The van der Waals surface area contributed by atoms with E-state index in [4.69, 9.17) is 5.11 Å². The highest BCUT2D eigenvalue weighted by molar-refractivity contribution is 9.10. The van der Waals surface area contributed by atoms with E-state index in [1.807, 2.05) is 23.1 Å². The van der Waals surface area contributed by atoms with E-state index >= 15 is 0 Å². The minimum Gasteiger partial charge on any atom is -0.481 e. The number of carbonyl (C=O) groups excluding carboxylic acids is 1. The van der Waals surface area contributed by atoms with Crippen LogP contribution in [0.25, 0.3) is 10.9 Å². The summed E-state index contributed by atoms with van der Waals surface area (Å²) in [7, 11) is 0. The molecule has 3 rings (SSSR count). The van der Waals surface area contributed by atoms with Crippen LogP contribution in [0.4, 0.5) is 0 Å². The molecule has 2 aromatic rings. The monoisotopic (exact) mass is 451 g/mol. The summed E-state index contributed by atoms with van der Waals surface area (Å²) in [5.74, 6) is -1.88. The van der Waals surface area contributed by atoms with Crippen molar-refractivity contribution in [2.45, 2.75) is 25.9 Å². The number of aryl methyl sites for hydroxylation is 1. The van der Waals surface area contributed by atoms with E-state index in [1.54, 1.807) is 15.7 Å². The van der Waals surface area contributed by atoms with Crippen LogP contribution in [-0.2, 0) is 20.9 Å². The molecule has 150 valence electrons. The van der Waals surface area contributed by atoms with Crippen molar-refractivity contribution in [1.29, 1.82) is 0 Å². The molecule has 0 spiro atoms. The van der Waals surface area contributed by atoms with E-state index in [0.717, 1.165) is 15.4 Å². The predicted octanol–water partition coefficient (Wildman–Crippen LogP) is 2.17. The van der Waals surface area contributed by atoms with Crippen LogP contribution >= 0.6 is 15.9 Å². The quantitative estimate of drug-likeness (QED) is 0.697. The molecule has 1 unspecified atom stereocenters. The fourth-order valence-electron chi connectivity index (χ4n) is 3.69. The van der Waals surface area contributed by atoms with Crippen LogP contribution in [0.3, 0.4) is 0 Å². The first-order valence-electron chi connectivity index (χ1n) is 9.00. The Morgan fingerprint density at radius 3 is 2.39 bits per heavy atom. The number of rotatable bonds is 6. The number of carbonyl (C=O) groups is 3. The number of aromatic nitrogens is 1. The van der Waals surface area contributed by atoms with Crippen LogP contribution < -0.4 is 0 Å². The Labute approximate surface area is 170 Å². The SMILES string of the molecule is CC(=O)N1CCN(C(C(=O)O)c2cn(CCC(=O)O)c3cc(Br)ccc23)CC1. The molecule has 28 heavy (non-hydrogen) atoms. The first kappa shape index (κ1) is 20.3. The standard InChI is InChI=1S/C19H22BrN3O5/c1-12(24)21-6-8-22(9-7-21)18(19(27)28)15-11-23(5-4-17(25)26)16-10-13(20)2-3-14(15)16/h2-3,10-11,18H,4-9H2,1H3,(H,25,26)(H,27,28). The fraction of sp³-hybridized carbons (Fsp3) is 0.421. The highest BCUT2D eigenvalue weighted by Gasteiger charge is 2.33. The number of carboxylic acid groups (broad SMARTS) is 2. The third kappa shape index (κ3) is 4.20. The number of benzene rings is 1. The van der Waals surface area contributed by atoms with Gasteiger partial charge in [0.15, 0.2) is 0 Å². The van der Waals surface area contributed by atoms with E-state index in [1.165, 1.54) is 6.92 Å². The molecule has 9 heteroatoms. The molecule has 1 amide bonds. The summed E-state index contributed by atoms with van der Waals surface area (Å²) >= 11 is 3.42. The summed E-state index contributed by atoms with van der Waals surface area (Å²) in [6, 6.07) is 4.71. The van der Waals surface area contributed by atoms with Gasteiger partial charge in [0, 0.05) is 66.8 Å². The number of carboxylic acids is 2. The molecule has 0 saturated carbocycles. The largest absolute Gasteiger partial charge is 0.481 e. The number of hydrogen-bond acceptors (Lipinski definition) is 4. The predicted molar refractivity (Wildman–Crippen MR) is 106 cm³/mol. The van der Waals surface area contributed by atoms with E-state index in [2.05, 4.69) is 15.9 Å². The number of amides is 1. The highest BCUT2D eigenvalue weighted by atomic mass is 79.9. The second kappa shape index (κ2) is 8.32. The van der Waals surface area contributed by atoms with Gasteiger partial charge in [0.1, 0.15) is 6.04 Å². The zero-order chi connectivity index (χ0) is 20.4. The second-order valence-electron chi connectivity index (χ2n) is 6.87. The van der Waals surface area contributed by atoms with Crippen molar-refractivity contribution in [3.05, 3.63) is 34.4 Å². The van der Waals surface area contributed by atoms with Crippen molar-refractivity contribution in [1.82, 2.24) is 14.4 Å². The van der Waals surface area contributed by atoms with Crippen LogP contribution in [0.5, 0.6) is 0 Å². The van der Waals surface area contributed by atoms with Crippen molar-refractivity contribution < 1.29 is 24.6 Å². The third-order valence-corrected chi connectivity index (χ3v) is 5.59. The molecule has 0 bridgehead atoms. The number of hydrogen-bond donors (Lipinski definition) is 2. The summed E-state index contributed by atoms with van der Waals surface area (Å²) in [5.41, 5.74) is 1.43. The molecule has 1 aromatic carbocycles. The normalized spacial score (nSPS) is 16.3. The van der Waals surface area contributed by atoms with Crippen LogP contribution in [0.15, 0.2) is 28.9 Å². The van der Waals surface area contributed by atoms with Gasteiger partial charge in [-0.2, -0.15) is 0 Å². The van der Waals surface area contributed by atoms with Crippen molar-refractivity contribution in [3.63, 3.8) is 0 Å². The van der Waals surface area contributed by atoms with E-state index in [0.29, 0.717) is 31.7 Å². The second-order valence-corrected chi connectivity index (χ2v) is 7.78. The van der Waals surface area contributed by atoms with Gasteiger partial charge in [-0.3, -0.25) is 19.3 Å². The zero-order valence-corrected chi connectivity index (χ0v) is 17.1. The minimum atomic E-state index is -0.962. The van der Waals surface area contributed by atoms with E-state index < -0.39 is 18.0 Å². The van der Waals surface area contributed by atoms with Crippen LogP contribution in [0, 0.1) is 0 Å². The molecule has 1 aliphatic rings. The molecule has 1 atom stereocenters. The maximum Gasteiger partial charge on any atom is 0.325 e. The van der Waals surface area contributed by atoms with Crippen LogP contribution in [0.2, 0.25) is 0 Å². The Kier molecular flexibility index (Phi) is 6.04. The van der Waals surface area contributed by atoms with Crippen molar-refractivity contribution in [3.8, 4) is 0 Å². The van der Waals surface area contributed by atoms with Crippen LogP contribution in [-0.4, -0.2) is 68.6 Å². The van der Waals surface area contributed by atoms with Crippen LogP contribution in [0.1, 0.15) is 24.9 Å². The summed E-state index contributed by atoms with van der Waals surface area (Å²) in [6.07, 6.45) is 1.70. The molecule has 8 nitrogen and oxygen atoms in total. The summed E-state index contributed by atoms with van der Waals surface area (Å²) < 4.78 is 2.63. The topological polar surface area (TPSA) is 103 Å². The lowest BCUT2D eigenvalue weighted by atomic mass is 10.0. The van der Waals surface area contributed by atoms with Gasteiger partial charge in [0.05, 0.1) is 6.42 Å². The number of aliphatic carboxylic acids is 2. The average Bonchev–Trinajstić information content (AvgIpc) is 2.97. The number of fused-ring (bicyclic) bond motifs is 1. The lowest BCUT2D eigenvalue weighted by Gasteiger charge is -2.37. The Hall–Kier alpha value is -2.39. The van der Waals surface area contributed by atoms with Gasteiger partial charge < -0.3 is 19.7 Å². The number of piperazine rings is 1. The van der Waals surface area contributed by atoms with E-state index in [9.17, 15) is 19.5 Å². The van der Waals surface area contributed by atoms with Gasteiger partial charge in [-0.25, -0.2) is 0 Å². The number of halogens is 1. The summed E-state index contributed by atoms with van der Waals surface area (Å²) in [4.78, 5) is 38.3. The highest BCUT2D eigenvalue weighted by Crippen LogP contribution is 2.33. The molecule has 0 aliphatic carbocycles. The molecule has 1 saturated heterocycles. The molecule has 2 N–H and O–H groups in total. The molecule has 2 heterocycles. The fourth-order valence-corrected chi connectivity index (χ4v) is 4.04. The first-order chi connectivity index (χ1) is 13.3. The van der Waals surface area contributed by atoms with Gasteiger partial charge in [0.2, 0.25) is 5.91 Å². The number of nitrogens with zero attached hydrogens (tertiary/aromatic N) is 3. The maximum atomic E-state index is 12.2.